The van der Waals surface area contributed by atoms with Gasteiger partial charge in [0.2, 0.25) is 0 Å². The number of nitrogens with one attached hydrogen (secondary N) is 1. The summed E-state index contributed by atoms with van der Waals surface area (Å²) in [6.45, 7) is 1.03. The highest BCUT2D eigenvalue weighted by atomic mass is 16.4. The van der Waals surface area contributed by atoms with Gasteiger partial charge in [0.25, 0.3) is 0 Å². The van der Waals surface area contributed by atoms with Gasteiger partial charge >= 0.3 is 11.9 Å². The molecule has 1 aromatic heterocycles. The molecule has 6 heteroatoms. The van der Waals surface area contributed by atoms with Crippen molar-refractivity contribution < 1.29 is 19.8 Å². The van der Waals surface area contributed by atoms with Crippen LogP contribution >= 0.6 is 0 Å². The van der Waals surface area contributed by atoms with E-state index in [4.69, 9.17) is 10.2 Å². The molecule has 0 unspecified atom stereocenters. The fraction of sp³-hybridized carbons (Fsp3) is 0.250. The number of carboxylic acid groups (broad SMARTS) is 2. The van der Waals surface area contributed by atoms with Gasteiger partial charge in [0.05, 0.1) is 0 Å². The Labute approximate surface area is 105 Å². The molecule has 0 aromatic carbocycles. The molecule has 0 amide bonds. The molecule has 0 atom stereocenters. The van der Waals surface area contributed by atoms with Crippen molar-refractivity contribution in [1.82, 2.24) is 10.3 Å². The van der Waals surface area contributed by atoms with E-state index in [2.05, 4.69) is 10.3 Å². The summed E-state index contributed by atoms with van der Waals surface area (Å²) in [6.07, 6.45) is 5.85. The number of carboxylic acids is 2. The predicted molar refractivity (Wildman–Crippen MR) is 66.3 cm³/mol. The molecule has 3 N–H and O–H groups in total. The summed E-state index contributed by atoms with van der Waals surface area (Å²) in [6, 6.07) is 4.08. The molecule has 0 saturated heterocycles. The average Bonchev–Trinajstić information content (AvgIpc) is 2.36. The van der Waals surface area contributed by atoms with Crippen LogP contribution in [0.4, 0.5) is 0 Å². The van der Waals surface area contributed by atoms with Gasteiger partial charge in [-0.05, 0) is 37.7 Å². The van der Waals surface area contributed by atoms with E-state index < -0.39 is 11.9 Å². The van der Waals surface area contributed by atoms with Gasteiger partial charge in [0, 0.05) is 24.5 Å². The maximum absolute atomic E-state index is 9.55. The van der Waals surface area contributed by atoms with Crippen LogP contribution < -0.4 is 5.32 Å². The Kier molecular flexibility index (Phi) is 8.75. The number of aliphatic carboxylic acids is 2. The SMILES string of the molecule is CNCCc1ccncc1.O=C(O)/C=C/C(=O)O. The third-order valence-corrected chi connectivity index (χ3v) is 1.78. The van der Waals surface area contributed by atoms with Gasteiger partial charge in [-0.25, -0.2) is 9.59 Å². The lowest BCUT2D eigenvalue weighted by Gasteiger charge is -1.97. The average molecular weight is 252 g/mol. The highest BCUT2D eigenvalue weighted by molar-refractivity contribution is 5.89. The molecule has 0 saturated carbocycles. The lowest BCUT2D eigenvalue weighted by Crippen LogP contribution is -2.10. The normalized spacial score (nSPS) is 9.61. The zero-order valence-corrected chi connectivity index (χ0v) is 10.0. The van der Waals surface area contributed by atoms with E-state index in [9.17, 15) is 9.59 Å². The second kappa shape index (κ2) is 9.98. The molecule has 1 rings (SSSR count). The van der Waals surface area contributed by atoms with Crippen molar-refractivity contribution in [2.24, 2.45) is 0 Å². The van der Waals surface area contributed by atoms with Gasteiger partial charge in [-0.15, -0.1) is 0 Å². The molecule has 0 bridgehead atoms. The summed E-state index contributed by atoms with van der Waals surface area (Å²) >= 11 is 0. The summed E-state index contributed by atoms with van der Waals surface area (Å²) in [5.41, 5.74) is 1.34. The van der Waals surface area contributed by atoms with Crippen LogP contribution in [0.2, 0.25) is 0 Å². The van der Waals surface area contributed by atoms with Gasteiger partial charge in [-0.1, -0.05) is 0 Å². The molecule has 1 heterocycles. The van der Waals surface area contributed by atoms with Crippen LogP contribution in [0.25, 0.3) is 0 Å². The maximum atomic E-state index is 9.55. The monoisotopic (exact) mass is 252 g/mol. The molecule has 98 valence electrons. The quantitative estimate of drug-likeness (QED) is 0.662. The number of rotatable bonds is 5. The van der Waals surface area contributed by atoms with Gasteiger partial charge in [-0.3, -0.25) is 4.98 Å². The molecule has 0 aliphatic carbocycles. The minimum Gasteiger partial charge on any atom is -0.478 e. The molecule has 0 fully saturated rings. The summed E-state index contributed by atoms with van der Waals surface area (Å²) in [4.78, 5) is 23.0. The molecular formula is C12H16N2O4. The van der Waals surface area contributed by atoms with Crippen LogP contribution in [0.5, 0.6) is 0 Å². The molecule has 1 aromatic rings. The van der Waals surface area contributed by atoms with E-state index in [0.717, 1.165) is 13.0 Å². The highest BCUT2D eigenvalue weighted by Gasteiger charge is 1.88. The lowest BCUT2D eigenvalue weighted by molar-refractivity contribution is -0.134. The number of likely N-dealkylation sites (N-methyl/N-ethyl adjacent to an activating group) is 1. The van der Waals surface area contributed by atoms with Gasteiger partial charge < -0.3 is 15.5 Å². The van der Waals surface area contributed by atoms with E-state index in [0.29, 0.717) is 12.2 Å². The minimum atomic E-state index is -1.26. The Balaban J connectivity index is 0.000000331. The number of hydrogen-bond acceptors (Lipinski definition) is 4. The molecule has 0 aliphatic heterocycles. The standard InChI is InChI=1S/C8H12N2.C4H4O4/c1-9-5-2-8-3-6-10-7-4-8;5-3(6)1-2-4(7)8/h3-4,6-7,9H,2,5H2,1H3;1-2H,(H,5,6)(H,7,8)/b;2-1+. The van der Waals surface area contributed by atoms with Crippen molar-refractivity contribution in [3.05, 3.63) is 42.2 Å². The van der Waals surface area contributed by atoms with E-state index in [1.54, 1.807) is 0 Å². The maximum Gasteiger partial charge on any atom is 0.328 e. The summed E-state index contributed by atoms with van der Waals surface area (Å²) in [7, 11) is 1.96. The first-order valence-corrected chi connectivity index (χ1v) is 5.23. The smallest absolute Gasteiger partial charge is 0.328 e. The third kappa shape index (κ3) is 10.3. The molecule has 18 heavy (non-hydrogen) atoms. The Morgan fingerprint density at radius 2 is 1.72 bits per heavy atom. The number of aromatic nitrogens is 1. The van der Waals surface area contributed by atoms with Crippen molar-refractivity contribution in [2.75, 3.05) is 13.6 Å². The molecule has 0 aliphatic rings. The first-order valence-electron chi connectivity index (χ1n) is 5.23. The van der Waals surface area contributed by atoms with Crippen LogP contribution in [0.15, 0.2) is 36.7 Å². The second-order valence-electron chi connectivity index (χ2n) is 3.22. The fourth-order valence-electron chi connectivity index (χ4n) is 0.961. The first-order chi connectivity index (χ1) is 8.56. The molecule has 0 radical (unpaired) electrons. The fourth-order valence-corrected chi connectivity index (χ4v) is 0.961. The van der Waals surface area contributed by atoms with Crippen LogP contribution in [0, 0.1) is 0 Å². The Morgan fingerprint density at radius 1 is 1.22 bits per heavy atom. The highest BCUT2D eigenvalue weighted by Crippen LogP contribution is 1.95. The minimum absolute atomic E-state index is 0.558. The zero-order chi connectivity index (χ0) is 13.8. The van der Waals surface area contributed by atoms with E-state index in [-0.39, 0.29) is 0 Å². The Hall–Kier alpha value is -2.21. The third-order valence-electron chi connectivity index (χ3n) is 1.78. The number of nitrogens with zero attached hydrogens (tertiary/aromatic N) is 1. The topological polar surface area (TPSA) is 99.5 Å². The summed E-state index contributed by atoms with van der Waals surface area (Å²) in [5.74, 6) is -2.51. The second-order valence-corrected chi connectivity index (χ2v) is 3.22. The van der Waals surface area contributed by atoms with Crippen LogP contribution in [0.3, 0.4) is 0 Å². The summed E-state index contributed by atoms with van der Waals surface area (Å²) < 4.78 is 0. The Morgan fingerprint density at radius 3 is 2.11 bits per heavy atom. The van der Waals surface area contributed by atoms with Crippen LogP contribution in [-0.2, 0) is 16.0 Å². The predicted octanol–water partition coefficient (Wildman–Crippen LogP) is 0.555. The molecule has 6 nitrogen and oxygen atoms in total. The summed E-state index contributed by atoms with van der Waals surface area (Å²) in [5, 5.41) is 18.7. The van der Waals surface area contributed by atoms with E-state index in [1.807, 2.05) is 31.6 Å². The van der Waals surface area contributed by atoms with Gasteiger partial charge in [0.1, 0.15) is 0 Å². The van der Waals surface area contributed by atoms with E-state index in [1.165, 1.54) is 5.56 Å². The van der Waals surface area contributed by atoms with Crippen molar-refractivity contribution >= 4 is 11.9 Å². The van der Waals surface area contributed by atoms with Crippen molar-refractivity contribution in [3.63, 3.8) is 0 Å². The van der Waals surface area contributed by atoms with Crippen molar-refractivity contribution in [1.29, 1.82) is 0 Å². The molecular weight excluding hydrogens is 236 g/mol. The van der Waals surface area contributed by atoms with Gasteiger partial charge in [-0.2, -0.15) is 0 Å². The molecule has 0 spiro atoms. The zero-order valence-electron chi connectivity index (χ0n) is 10.0. The van der Waals surface area contributed by atoms with Crippen LogP contribution in [0.1, 0.15) is 5.56 Å². The van der Waals surface area contributed by atoms with Crippen molar-refractivity contribution in [2.45, 2.75) is 6.42 Å². The van der Waals surface area contributed by atoms with Crippen LogP contribution in [-0.4, -0.2) is 40.7 Å². The van der Waals surface area contributed by atoms with Gasteiger partial charge in [0.15, 0.2) is 0 Å². The first kappa shape index (κ1) is 15.8. The Bertz CT molecular complexity index is 374. The largest absolute Gasteiger partial charge is 0.478 e. The lowest BCUT2D eigenvalue weighted by atomic mass is 10.2. The van der Waals surface area contributed by atoms with E-state index >= 15 is 0 Å². The van der Waals surface area contributed by atoms with Crippen molar-refractivity contribution in [3.8, 4) is 0 Å². The number of pyridine rings is 1. The number of carbonyl (C=O) groups is 2. The number of hydrogen-bond donors (Lipinski definition) is 3.